The largest absolute Gasteiger partial charge is 0.464 e. The van der Waals surface area contributed by atoms with Gasteiger partial charge in [0.2, 0.25) is 0 Å². The molecule has 2 aromatic rings. The minimum Gasteiger partial charge on any atom is -0.464 e. The van der Waals surface area contributed by atoms with E-state index in [0.717, 1.165) is 30.9 Å². The molecule has 2 N–H and O–H groups in total. The Hall–Kier alpha value is -2.56. The Bertz CT molecular complexity index is 685. The number of fused-ring (bicyclic) bond motifs is 1. The van der Waals surface area contributed by atoms with Crippen molar-refractivity contribution in [3.05, 3.63) is 53.3 Å². The van der Waals surface area contributed by atoms with Crippen molar-refractivity contribution in [2.75, 3.05) is 24.3 Å². The van der Waals surface area contributed by atoms with Crippen LogP contribution in [-0.4, -0.2) is 24.6 Å². The van der Waals surface area contributed by atoms with Crippen molar-refractivity contribution in [3.8, 4) is 0 Å². The molecule has 3 rings (SSSR count). The highest BCUT2D eigenvalue weighted by atomic mass is 16.5. The third-order valence-corrected chi connectivity index (χ3v) is 3.81. The number of nitrogens with two attached hydrogens (primary N) is 1. The van der Waals surface area contributed by atoms with Gasteiger partial charge < -0.3 is 15.4 Å². The average Bonchev–Trinajstić information content (AvgIpc) is 2.54. The van der Waals surface area contributed by atoms with Gasteiger partial charge in [0, 0.05) is 30.7 Å². The van der Waals surface area contributed by atoms with Crippen molar-refractivity contribution in [1.29, 1.82) is 0 Å². The van der Waals surface area contributed by atoms with Crippen molar-refractivity contribution in [1.82, 2.24) is 4.98 Å². The van der Waals surface area contributed by atoms with Crippen LogP contribution in [0.15, 0.2) is 36.5 Å². The molecule has 0 saturated carbocycles. The number of ether oxygens (including phenoxy) is 1. The fourth-order valence-electron chi connectivity index (χ4n) is 2.69. The average molecular weight is 283 g/mol. The third-order valence-electron chi connectivity index (χ3n) is 3.81. The molecule has 0 saturated heterocycles. The SMILES string of the molecule is COC(=O)c1cc(N2CCc3c(N)cccc3C2)ccn1. The van der Waals surface area contributed by atoms with Gasteiger partial charge in [0.05, 0.1) is 7.11 Å². The third kappa shape index (κ3) is 2.54. The monoisotopic (exact) mass is 283 g/mol. The molecule has 1 aliphatic rings. The second-order valence-corrected chi connectivity index (χ2v) is 5.05. The zero-order valence-corrected chi connectivity index (χ0v) is 11.9. The minimum absolute atomic E-state index is 0.327. The van der Waals surface area contributed by atoms with E-state index in [1.807, 2.05) is 18.2 Å². The number of esters is 1. The van der Waals surface area contributed by atoms with Crippen LogP contribution in [-0.2, 0) is 17.7 Å². The Morgan fingerprint density at radius 3 is 3.05 bits per heavy atom. The van der Waals surface area contributed by atoms with Gasteiger partial charge in [0.1, 0.15) is 5.69 Å². The summed E-state index contributed by atoms with van der Waals surface area (Å²) in [6.45, 7) is 1.65. The summed E-state index contributed by atoms with van der Waals surface area (Å²) in [5.74, 6) is -0.418. The van der Waals surface area contributed by atoms with Crippen LogP contribution in [0.3, 0.4) is 0 Å². The molecule has 0 fully saturated rings. The Morgan fingerprint density at radius 1 is 1.38 bits per heavy atom. The summed E-state index contributed by atoms with van der Waals surface area (Å²) >= 11 is 0. The molecule has 0 radical (unpaired) electrons. The zero-order valence-electron chi connectivity index (χ0n) is 11.9. The van der Waals surface area contributed by atoms with Crippen molar-refractivity contribution < 1.29 is 9.53 Å². The van der Waals surface area contributed by atoms with Gasteiger partial charge in [-0.05, 0) is 35.7 Å². The summed E-state index contributed by atoms with van der Waals surface area (Å²) in [6.07, 6.45) is 2.54. The maximum absolute atomic E-state index is 11.6. The summed E-state index contributed by atoms with van der Waals surface area (Å²) in [7, 11) is 1.36. The molecule has 1 aromatic carbocycles. The van der Waals surface area contributed by atoms with Crippen LogP contribution in [0.5, 0.6) is 0 Å². The smallest absolute Gasteiger partial charge is 0.356 e. The van der Waals surface area contributed by atoms with Crippen molar-refractivity contribution in [2.45, 2.75) is 13.0 Å². The first-order chi connectivity index (χ1) is 10.2. The minimum atomic E-state index is -0.418. The Balaban J connectivity index is 1.88. The lowest BCUT2D eigenvalue weighted by Gasteiger charge is -2.31. The van der Waals surface area contributed by atoms with E-state index in [4.69, 9.17) is 10.5 Å². The van der Waals surface area contributed by atoms with Gasteiger partial charge >= 0.3 is 5.97 Å². The lowest BCUT2D eigenvalue weighted by atomic mass is 9.97. The van der Waals surface area contributed by atoms with E-state index in [1.54, 1.807) is 12.3 Å². The molecule has 1 aliphatic heterocycles. The number of rotatable bonds is 2. The van der Waals surface area contributed by atoms with E-state index in [1.165, 1.54) is 18.2 Å². The van der Waals surface area contributed by atoms with Crippen LogP contribution < -0.4 is 10.6 Å². The maximum Gasteiger partial charge on any atom is 0.356 e. The van der Waals surface area contributed by atoms with E-state index in [9.17, 15) is 4.79 Å². The second kappa shape index (κ2) is 5.44. The number of nitrogens with zero attached hydrogens (tertiary/aromatic N) is 2. The first-order valence-corrected chi connectivity index (χ1v) is 6.84. The number of pyridine rings is 1. The zero-order chi connectivity index (χ0) is 14.8. The molecule has 2 heterocycles. The molecular formula is C16H17N3O2. The number of methoxy groups -OCH3 is 1. The van der Waals surface area contributed by atoms with Crippen molar-refractivity contribution in [3.63, 3.8) is 0 Å². The van der Waals surface area contributed by atoms with Crippen LogP contribution in [0.2, 0.25) is 0 Å². The molecule has 0 amide bonds. The van der Waals surface area contributed by atoms with Gasteiger partial charge in [-0.15, -0.1) is 0 Å². The first-order valence-electron chi connectivity index (χ1n) is 6.84. The van der Waals surface area contributed by atoms with Crippen molar-refractivity contribution >= 4 is 17.3 Å². The van der Waals surface area contributed by atoms with Gasteiger partial charge in [0.25, 0.3) is 0 Å². The van der Waals surface area contributed by atoms with Gasteiger partial charge in [-0.3, -0.25) is 0 Å². The molecule has 0 bridgehead atoms. The van der Waals surface area contributed by atoms with Crippen LogP contribution in [0.25, 0.3) is 0 Å². The molecule has 0 unspecified atom stereocenters. The van der Waals surface area contributed by atoms with E-state index in [0.29, 0.717) is 5.69 Å². The predicted molar refractivity (Wildman–Crippen MR) is 81.2 cm³/mol. The first kappa shape index (κ1) is 13.4. The van der Waals surface area contributed by atoms with Gasteiger partial charge in [-0.1, -0.05) is 12.1 Å². The van der Waals surface area contributed by atoms with Crippen LogP contribution in [0.1, 0.15) is 21.6 Å². The molecule has 0 spiro atoms. The molecule has 1 aromatic heterocycles. The van der Waals surface area contributed by atoms with Crippen molar-refractivity contribution in [2.24, 2.45) is 0 Å². The number of nitrogen functional groups attached to an aromatic ring is 1. The summed E-state index contributed by atoms with van der Waals surface area (Å²) in [6, 6.07) is 9.69. The number of anilines is 2. The normalized spacial score (nSPS) is 13.7. The molecule has 0 atom stereocenters. The summed E-state index contributed by atoms with van der Waals surface area (Å²) in [5, 5.41) is 0. The highest BCUT2D eigenvalue weighted by molar-refractivity contribution is 5.88. The molecule has 5 heteroatoms. The van der Waals surface area contributed by atoms with Crippen LogP contribution in [0.4, 0.5) is 11.4 Å². The lowest BCUT2D eigenvalue weighted by Crippen LogP contribution is -2.31. The molecule has 5 nitrogen and oxygen atoms in total. The maximum atomic E-state index is 11.6. The second-order valence-electron chi connectivity index (χ2n) is 5.05. The van der Waals surface area contributed by atoms with Crippen LogP contribution >= 0.6 is 0 Å². The molecule has 0 aliphatic carbocycles. The van der Waals surface area contributed by atoms with Crippen LogP contribution in [0, 0.1) is 0 Å². The highest BCUT2D eigenvalue weighted by Gasteiger charge is 2.19. The Morgan fingerprint density at radius 2 is 2.24 bits per heavy atom. The Labute approximate surface area is 123 Å². The quantitative estimate of drug-likeness (QED) is 0.674. The highest BCUT2D eigenvalue weighted by Crippen LogP contribution is 2.27. The number of aromatic nitrogens is 1. The summed E-state index contributed by atoms with van der Waals surface area (Å²) < 4.78 is 4.71. The summed E-state index contributed by atoms with van der Waals surface area (Å²) in [5.41, 5.74) is 10.6. The summed E-state index contributed by atoms with van der Waals surface area (Å²) in [4.78, 5) is 17.8. The number of carbonyl (C=O) groups excluding carboxylic acids is 1. The number of carbonyl (C=O) groups is 1. The fourth-order valence-corrected chi connectivity index (χ4v) is 2.69. The van der Waals surface area contributed by atoms with E-state index in [2.05, 4.69) is 16.0 Å². The van der Waals surface area contributed by atoms with Gasteiger partial charge in [-0.2, -0.15) is 0 Å². The number of hydrogen-bond donors (Lipinski definition) is 1. The molecule has 108 valence electrons. The standard InChI is InChI=1S/C16H17N3O2/c1-21-16(20)15-9-12(5-7-18-15)19-8-6-13-11(10-19)3-2-4-14(13)17/h2-5,7,9H,6,8,10,17H2,1H3. The van der Waals surface area contributed by atoms with E-state index in [-0.39, 0.29) is 0 Å². The molecule has 21 heavy (non-hydrogen) atoms. The lowest BCUT2D eigenvalue weighted by molar-refractivity contribution is 0.0594. The molecular weight excluding hydrogens is 266 g/mol. The van der Waals surface area contributed by atoms with E-state index >= 15 is 0 Å². The van der Waals surface area contributed by atoms with Gasteiger partial charge in [-0.25, -0.2) is 9.78 Å². The Kier molecular flexibility index (Phi) is 3.48. The number of hydrogen-bond acceptors (Lipinski definition) is 5. The van der Waals surface area contributed by atoms with E-state index < -0.39 is 5.97 Å². The predicted octanol–water partition coefficient (Wildman–Crippen LogP) is 2.01. The van der Waals surface area contributed by atoms with Gasteiger partial charge in [0.15, 0.2) is 0 Å². The fraction of sp³-hybridized carbons (Fsp3) is 0.250. The number of benzene rings is 1. The topological polar surface area (TPSA) is 68.5 Å².